The van der Waals surface area contributed by atoms with Crippen LogP contribution in [0.5, 0.6) is 0 Å². The number of carboxylic acid groups (broad SMARTS) is 1. The number of aryl methyl sites for hydroxylation is 1. The van der Waals surface area contributed by atoms with Gasteiger partial charge >= 0.3 is 5.97 Å². The van der Waals surface area contributed by atoms with Crippen molar-refractivity contribution in [3.8, 4) is 0 Å². The molecule has 2 atom stereocenters. The highest BCUT2D eigenvalue weighted by molar-refractivity contribution is 7.99. The Balaban J connectivity index is 2.85. The fourth-order valence-electron chi connectivity index (χ4n) is 1.12. The topological polar surface area (TPSA) is 70.4 Å². The fourth-order valence-corrected chi connectivity index (χ4v) is 2.03. The molecule has 0 aliphatic carbocycles. The van der Waals surface area contributed by atoms with E-state index in [0.717, 1.165) is 5.03 Å². The smallest absolute Gasteiger partial charge is 0.337 e. The van der Waals surface area contributed by atoms with E-state index in [0.29, 0.717) is 5.69 Å². The third kappa shape index (κ3) is 3.21. The lowest BCUT2D eigenvalue weighted by molar-refractivity contribution is 0.0695. The normalized spacial score (nSPS) is 14.5. The van der Waals surface area contributed by atoms with Gasteiger partial charge in [-0.1, -0.05) is 6.92 Å². The Bertz CT molecular complexity index is 393. The number of pyridine rings is 1. The molecule has 0 saturated heterocycles. The minimum absolute atomic E-state index is 0.0302. The van der Waals surface area contributed by atoms with Gasteiger partial charge in [0.2, 0.25) is 0 Å². The molecule has 88 valence electrons. The zero-order chi connectivity index (χ0) is 12.3. The van der Waals surface area contributed by atoms with Crippen molar-refractivity contribution in [2.75, 3.05) is 0 Å². The van der Waals surface area contributed by atoms with Gasteiger partial charge in [-0.25, -0.2) is 9.78 Å². The highest BCUT2D eigenvalue weighted by atomic mass is 32.2. The summed E-state index contributed by atoms with van der Waals surface area (Å²) in [6.45, 7) is 5.29. The van der Waals surface area contributed by atoms with Crippen LogP contribution in [-0.4, -0.2) is 32.5 Å². The maximum atomic E-state index is 10.8. The molecule has 0 amide bonds. The van der Waals surface area contributed by atoms with Gasteiger partial charge in [0.25, 0.3) is 0 Å². The second kappa shape index (κ2) is 5.32. The molecule has 0 aromatic carbocycles. The van der Waals surface area contributed by atoms with Crippen LogP contribution in [-0.2, 0) is 0 Å². The van der Waals surface area contributed by atoms with Crippen LogP contribution in [0.15, 0.2) is 17.2 Å². The Kier molecular flexibility index (Phi) is 4.32. The summed E-state index contributed by atoms with van der Waals surface area (Å²) in [6.07, 6.45) is -0.425. The van der Waals surface area contributed by atoms with E-state index in [4.69, 9.17) is 5.11 Å². The van der Waals surface area contributed by atoms with E-state index in [-0.39, 0.29) is 10.8 Å². The van der Waals surface area contributed by atoms with Crippen LogP contribution in [0.2, 0.25) is 0 Å². The van der Waals surface area contributed by atoms with E-state index in [1.165, 1.54) is 11.8 Å². The van der Waals surface area contributed by atoms with Crippen LogP contribution in [0.4, 0.5) is 0 Å². The Labute approximate surface area is 98.7 Å². The number of hydrogen-bond acceptors (Lipinski definition) is 4. The van der Waals surface area contributed by atoms with Gasteiger partial charge in [0.15, 0.2) is 0 Å². The number of aromatic carboxylic acids is 1. The molecule has 0 fully saturated rings. The second-order valence-electron chi connectivity index (χ2n) is 3.65. The molecule has 0 aliphatic rings. The summed E-state index contributed by atoms with van der Waals surface area (Å²) in [5.41, 5.74) is 0.712. The predicted octanol–water partition coefficient (Wildman–Crippen LogP) is 1.95. The van der Waals surface area contributed by atoms with Crippen molar-refractivity contribution in [1.82, 2.24) is 4.98 Å². The van der Waals surface area contributed by atoms with Gasteiger partial charge in [0, 0.05) is 5.25 Å². The molecule has 2 unspecified atom stereocenters. The molecule has 0 saturated carbocycles. The number of aliphatic hydroxyl groups excluding tert-OH is 1. The van der Waals surface area contributed by atoms with Gasteiger partial charge in [-0.3, -0.25) is 0 Å². The van der Waals surface area contributed by atoms with Crippen molar-refractivity contribution in [2.45, 2.75) is 37.2 Å². The third-order valence-electron chi connectivity index (χ3n) is 2.28. The van der Waals surface area contributed by atoms with Crippen LogP contribution < -0.4 is 0 Å². The zero-order valence-electron chi connectivity index (χ0n) is 9.47. The van der Waals surface area contributed by atoms with Gasteiger partial charge < -0.3 is 10.2 Å². The van der Waals surface area contributed by atoms with Crippen molar-refractivity contribution < 1.29 is 15.0 Å². The van der Waals surface area contributed by atoms with Crippen LogP contribution in [0.3, 0.4) is 0 Å². The van der Waals surface area contributed by atoms with Crippen molar-refractivity contribution in [3.05, 3.63) is 23.4 Å². The fraction of sp³-hybridized carbons (Fsp3) is 0.455. The quantitative estimate of drug-likeness (QED) is 0.788. The number of thioether (sulfide) groups is 1. The Morgan fingerprint density at radius 2 is 2.06 bits per heavy atom. The summed E-state index contributed by atoms with van der Waals surface area (Å²) in [5, 5.41) is 19.0. The van der Waals surface area contributed by atoms with Gasteiger partial charge in [-0.2, -0.15) is 0 Å². The van der Waals surface area contributed by atoms with E-state index in [2.05, 4.69) is 4.98 Å². The molecule has 0 spiro atoms. The molecule has 4 nitrogen and oxygen atoms in total. The van der Waals surface area contributed by atoms with Gasteiger partial charge in [0.05, 0.1) is 22.4 Å². The van der Waals surface area contributed by atoms with Crippen molar-refractivity contribution in [3.63, 3.8) is 0 Å². The number of carboxylic acids is 1. The number of aromatic nitrogens is 1. The first-order valence-electron chi connectivity index (χ1n) is 4.97. The first-order valence-corrected chi connectivity index (χ1v) is 5.85. The first-order chi connectivity index (χ1) is 7.41. The summed E-state index contributed by atoms with van der Waals surface area (Å²) < 4.78 is 0. The maximum absolute atomic E-state index is 10.8. The number of nitrogens with zero attached hydrogens (tertiary/aromatic N) is 1. The molecule has 1 rings (SSSR count). The maximum Gasteiger partial charge on any atom is 0.337 e. The first kappa shape index (κ1) is 13.0. The molecule has 0 aliphatic heterocycles. The van der Waals surface area contributed by atoms with Crippen molar-refractivity contribution >= 4 is 17.7 Å². The zero-order valence-corrected chi connectivity index (χ0v) is 10.3. The lowest BCUT2D eigenvalue weighted by atomic mass is 10.2. The van der Waals surface area contributed by atoms with E-state index in [1.807, 2.05) is 6.92 Å². The van der Waals surface area contributed by atoms with E-state index in [9.17, 15) is 9.90 Å². The highest BCUT2D eigenvalue weighted by Gasteiger charge is 2.13. The Morgan fingerprint density at radius 3 is 2.50 bits per heavy atom. The molecule has 1 aromatic heterocycles. The van der Waals surface area contributed by atoms with Crippen molar-refractivity contribution in [1.29, 1.82) is 0 Å². The molecule has 2 N–H and O–H groups in total. The van der Waals surface area contributed by atoms with E-state index in [1.54, 1.807) is 26.0 Å². The standard InChI is InChI=1S/C11H15NO3S/c1-6-9(11(14)15)4-5-10(12-6)16-8(3)7(2)13/h4-5,7-8,13H,1-3H3,(H,14,15). The van der Waals surface area contributed by atoms with Crippen LogP contribution in [0.25, 0.3) is 0 Å². The number of rotatable bonds is 4. The molecule has 5 heteroatoms. The summed E-state index contributed by atoms with van der Waals surface area (Å²) >= 11 is 1.43. The Hall–Kier alpha value is -1.07. The monoisotopic (exact) mass is 241 g/mol. The lowest BCUT2D eigenvalue weighted by Crippen LogP contribution is -2.15. The van der Waals surface area contributed by atoms with Gasteiger partial charge in [-0.15, -0.1) is 11.8 Å². The predicted molar refractivity (Wildman–Crippen MR) is 62.9 cm³/mol. The molecule has 0 radical (unpaired) electrons. The molecular formula is C11H15NO3S. The van der Waals surface area contributed by atoms with E-state index >= 15 is 0 Å². The minimum Gasteiger partial charge on any atom is -0.478 e. The van der Waals surface area contributed by atoms with Crippen LogP contribution in [0, 0.1) is 6.92 Å². The summed E-state index contributed by atoms with van der Waals surface area (Å²) in [4.78, 5) is 15.0. The highest BCUT2D eigenvalue weighted by Crippen LogP contribution is 2.24. The summed E-state index contributed by atoms with van der Waals surface area (Å²) in [5.74, 6) is -0.967. The lowest BCUT2D eigenvalue weighted by Gasteiger charge is -2.13. The Morgan fingerprint density at radius 1 is 1.44 bits per heavy atom. The molecule has 1 heterocycles. The SMILES string of the molecule is Cc1nc(SC(C)C(C)O)ccc1C(=O)O. The number of carbonyl (C=O) groups is 1. The minimum atomic E-state index is -0.967. The van der Waals surface area contributed by atoms with Crippen LogP contribution in [0.1, 0.15) is 29.9 Å². The molecule has 1 aromatic rings. The van der Waals surface area contributed by atoms with Gasteiger partial charge in [-0.05, 0) is 26.0 Å². The van der Waals surface area contributed by atoms with Crippen LogP contribution >= 0.6 is 11.8 Å². The third-order valence-corrected chi connectivity index (χ3v) is 3.51. The molecule has 0 bridgehead atoms. The second-order valence-corrected chi connectivity index (χ2v) is 5.05. The summed E-state index contributed by atoms with van der Waals surface area (Å²) in [6, 6.07) is 3.21. The molecular weight excluding hydrogens is 226 g/mol. The number of aliphatic hydroxyl groups is 1. The average Bonchev–Trinajstić information content (AvgIpc) is 2.16. The molecule has 16 heavy (non-hydrogen) atoms. The largest absolute Gasteiger partial charge is 0.478 e. The van der Waals surface area contributed by atoms with Crippen molar-refractivity contribution in [2.24, 2.45) is 0 Å². The number of hydrogen-bond donors (Lipinski definition) is 2. The average molecular weight is 241 g/mol. The van der Waals surface area contributed by atoms with Gasteiger partial charge in [0.1, 0.15) is 0 Å². The summed E-state index contributed by atoms with van der Waals surface area (Å²) in [7, 11) is 0. The van der Waals surface area contributed by atoms with E-state index < -0.39 is 12.1 Å².